The smallest absolute Gasteiger partial charge is 0.221 e. The number of nitriles is 1. The number of carbonyl (C=O) groups excluding carboxylic acids is 1. The number of hydrogen-bond acceptors (Lipinski definition) is 4. The minimum atomic E-state index is 0.0543. The number of aryl methyl sites for hydroxylation is 1. The third kappa shape index (κ3) is 2.53. The van der Waals surface area contributed by atoms with E-state index in [0.717, 1.165) is 5.69 Å². The fourth-order valence-corrected chi connectivity index (χ4v) is 1.85. The Kier molecular flexibility index (Phi) is 3.24. The summed E-state index contributed by atoms with van der Waals surface area (Å²) in [5.41, 5.74) is 1.44. The summed E-state index contributed by atoms with van der Waals surface area (Å²) in [5.74, 6) is 0.739. The molecule has 5 nitrogen and oxygen atoms in total. The van der Waals surface area contributed by atoms with Crippen LogP contribution in [0, 0.1) is 18.3 Å². The van der Waals surface area contributed by atoms with Gasteiger partial charge in [0.1, 0.15) is 11.9 Å². The highest BCUT2D eigenvalue weighted by molar-refractivity contribution is 5.77. The molecule has 1 aromatic rings. The predicted molar refractivity (Wildman–Crippen MR) is 63.5 cm³/mol. The van der Waals surface area contributed by atoms with Crippen LogP contribution in [-0.2, 0) is 4.79 Å². The number of rotatable bonds is 1. The highest BCUT2D eigenvalue weighted by Crippen LogP contribution is 2.18. The molecule has 0 spiro atoms. The zero-order valence-corrected chi connectivity index (χ0v) is 9.73. The van der Waals surface area contributed by atoms with Gasteiger partial charge in [0.05, 0.1) is 5.56 Å². The topological polar surface area (TPSA) is 69.0 Å². The Balaban J connectivity index is 2.29. The molecule has 2 heterocycles. The molecule has 1 saturated heterocycles. The molecule has 17 heavy (non-hydrogen) atoms. The maximum atomic E-state index is 11.3. The molecule has 0 radical (unpaired) electrons. The Morgan fingerprint density at radius 2 is 2.29 bits per heavy atom. The van der Waals surface area contributed by atoms with E-state index in [4.69, 9.17) is 5.26 Å². The zero-order chi connectivity index (χ0) is 12.3. The number of aromatic nitrogens is 1. The Labute approximate surface area is 100 Å². The van der Waals surface area contributed by atoms with E-state index in [-0.39, 0.29) is 5.91 Å². The van der Waals surface area contributed by atoms with Crippen LogP contribution in [0.15, 0.2) is 12.1 Å². The van der Waals surface area contributed by atoms with Crippen LogP contribution >= 0.6 is 0 Å². The molecule has 0 bridgehead atoms. The van der Waals surface area contributed by atoms with Gasteiger partial charge in [-0.2, -0.15) is 5.26 Å². The third-order valence-corrected chi connectivity index (χ3v) is 2.75. The zero-order valence-electron chi connectivity index (χ0n) is 9.73. The lowest BCUT2D eigenvalue weighted by molar-refractivity contribution is -0.120. The molecule has 0 aliphatic carbocycles. The van der Waals surface area contributed by atoms with Crippen LogP contribution in [0.4, 0.5) is 5.82 Å². The Bertz CT molecular complexity index is 478. The maximum Gasteiger partial charge on any atom is 0.221 e. The van der Waals surface area contributed by atoms with Crippen LogP contribution < -0.4 is 10.2 Å². The fraction of sp³-hybridized carbons (Fsp3) is 0.417. The van der Waals surface area contributed by atoms with Crippen LogP contribution in [-0.4, -0.2) is 30.5 Å². The molecule has 0 aromatic carbocycles. The molecule has 0 saturated carbocycles. The number of pyridine rings is 1. The van der Waals surface area contributed by atoms with E-state index in [1.807, 2.05) is 17.9 Å². The number of amides is 1. The van der Waals surface area contributed by atoms with E-state index in [9.17, 15) is 4.79 Å². The summed E-state index contributed by atoms with van der Waals surface area (Å²) < 4.78 is 0. The molecular weight excluding hydrogens is 216 g/mol. The molecule has 5 heteroatoms. The Morgan fingerprint density at radius 3 is 3.06 bits per heavy atom. The average molecular weight is 230 g/mol. The Morgan fingerprint density at radius 1 is 1.47 bits per heavy atom. The van der Waals surface area contributed by atoms with E-state index < -0.39 is 0 Å². The van der Waals surface area contributed by atoms with Gasteiger partial charge in [0.15, 0.2) is 0 Å². The van der Waals surface area contributed by atoms with Crippen molar-refractivity contribution in [3.05, 3.63) is 23.4 Å². The lowest BCUT2D eigenvalue weighted by atomic mass is 10.2. The number of anilines is 1. The summed E-state index contributed by atoms with van der Waals surface area (Å²) in [4.78, 5) is 17.6. The second-order valence-electron chi connectivity index (χ2n) is 4.02. The lowest BCUT2D eigenvalue weighted by Gasteiger charge is -2.21. The van der Waals surface area contributed by atoms with E-state index >= 15 is 0 Å². The second kappa shape index (κ2) is 4.83. The molecule has 1 aliphatic heterocycles. The van der Waals surface area contributed by atoms with Gasteiger partial charge in [0.25, 0.3) is 0 Å². The first kappa shape index (κ1) is 11.4. The van der Waals surface area contributed by atoms with Crippen molar-refractivity contribution in [2.45, 2.75) is 13.3 Å². The summed E-state index contributed by atoms with van der Waals surface area (Å²) in [6.45, 7) is 3.79. The summed E-state index contributed by atoms with van der Waals surface area (Å²) in [5, 5.41) is 11.9. The SMILES string of the molecule is Cc1ccc(C#N)c(N2CCNC(=O)CC2)n1. The van der Waals surface area contributed by atoms with Gasteiger partial charge in [-0.15, -0.1) is 0 Å². The van der Waals surface area contributed by atoms with Gasteiger partial charge < -0.3 is 10.2 Å². The molecule has 0 atom stereocenters. The molecule has 1 amide bonds. The first-order valence-electron chi connectivity index (χ1n) is 5.60. The van der Waals surface area contributed by atoms with Crippen molar-refractivity contribution in [3.63, 3.8) is 0 Å². The van der Waals surface area contributed by atoms with Gasteiger partial charge in [-0.05, 0) is 19.1 Å². The molecule has 1 aromatic heterocycles. The Hall–Kier alpha value is -2.09. The first-order valence-corrected chi connectivity index (χ1v) is 5.60. The van der Waals surface area contributed by atoms with Gasteiger partial charge >= 0.3 is 0 Å². The van der Waals surface area contributed by atoms with Crippen LogP contribution in [0.1, 0.15) is 17.7 Å². The van der Waals surface area contributed by atoms with E-state index in [1.165, 1.54) is 0 Å². The molecular formula is C12H14N4O. The van der Waals surface area contributed by atoms with Crippen molar-refractivity contribution in [3.8, 4) is 6.07 Å². The molecule has 88 valence electrons. The summed E-state index contributed by atoms with van der Waals surface area (Å²) >= 11 is 0. The molecule has 1 fully saturated rings. The van der Waals surface area contributed by atoms with Crippen LogP contribution in [0.5, 0.6) is 0 Å². The van der Waals surface area contributed by atoms with Gasteiger partial charge in [-0.25, -0.2) is 4.98 Å². The quantitative estimate of drug-likeness (QED) is 0.766. The van der Waals surface area contributed by atoms with Crippen molar-refractivity contribution >= 4 is 11.7 Å². The maximum absolute atomic E-state index is 11.3. The van der Waals surface area contributed by atoms with Gasteiger partial charge in [0.2, 0.25) is 5.91 Å². The number of carbonyl (C=O) groups is 1. The molecule has 0 unspecified atom stereocenters. The monoisotopic (exact) mass is 230 g/mol. The van der Waals surface area contributed by atoms with Crippen molar-refractivity contribution in [1.29, 1.82) is 5.26 Å². The molecule has 1 aliphatic rings. The number of hydrogen-bond donors (Lipinski definition) is 1. The normalized spacial score (nSPS) is 16.0. The molecule has 2 rings (SSSR count). The summed E-state index contributed by atoms with van der Waals surface area (Å²) in [6, 6.07) is 5.74. The van der Waals surface area contributed by atoms with Crippen LogP contribution in [0.25, 0.3) is 0 Å². The van der Waals surface area contributed by atoms with Crippen LogP contribution in [0.3, 0.4) is 0 Å². The standard InChI is InChI=1S/C12H14N4O/c1-9-2-3-10(8-13)12(15-9)16-6-4-11(17)14-5-7-16/h2-3H,4-7H2,1H3,(H,14,17). The van der Waals surface area contributed by atoms with Gasteiger partial charge in [-0.1, -0.05) is 0 Å². The van der Waals surface area contributed by atoms with Crippen molar-refractivity contribution in [2.75, 3.05) is 24.5 Å². The summed E-state index contributed by atoms with van der Waals surface area (Å²) in [7, 11) is 0. The van der Waals surface area contributed by atoms with E-state index in [0.29, 0.717) is 37.4 Å². The minimum absolute atomic E-state index is 0.0543. The van der Waals surface area contributed by atoms with Crippen molar-refractivity contribution in [2.24, 2.45) is 0 Å². The molecule has 1 N–H and O–H groups in total. The number of nitrogens with one attached hydrogen (secondary N) is 1. The number of nitrogens with zero attached hydrogens (tertiary/aromatic N) is 3. The summed E-state index contributed by atoms with van der Waals surface area (Å²) in [6.07, 6.45) is 0.445. The third-order valence-electron chi connectivity index (χ3n) is 2.75. The second-order valence-corrected chi connectivity index (χ2v) is 4.02. The largest absolute Gasteiger partial charge is 0.354 e. The predicted octanol–water partition coefficient (Wildman–Crippen LogP) is 0.588. The fourth-order valence-electron chi connectivity index (χ4n) is 1.85. The van der Waals surface area contributed by atoms with E-state index in [1.54, 1.807) is 6.07 Å². The average Bonchev–Trinajstić information content (AvgIpc) is 2.54. The first-order chi connectivity index (χ1) is 8.20. The van der Waals surface area contributed by atoms with Gasteiger partial charge in [0, 0.05) is 31.7 Å². The lowest BCUT2D eigenvalue weighted by Crippen LogP contribution is -2.29. The highest BCUT2D eigenvalue weighted by Gasteiger charge is 2.17. The van der Waals surface area contributed by atoms with Crippen molar-refractivity contribution in [1.82, 2.24) is 10.3 Å². The van der Waals surface area contributed by atoms with Crippen LogP contribution in [0.2, 0.25) is 0 Å². The highest BCUT2D eigenvalue weighted by atomic mass is 16.1. The van der Waals surface area contributed by atoms with E-state index in [2.05, 4.69) is 16.4 Å². The van der Waals surface area contributed by atoms with Crippen molar-refractivity contribution < 1.29 is 4.79 Å². The minimum Gasteiger partial charge on any atom is -0.354 e. The van der Waals surface area contributed by atoms with Gasteiger partial charge in [-0.3, -0.25) is 4.79 Å².